The van der Waals surface area contributed by atoms with Gasteiger partial charge in [0.15, 0.2) is 5.82 Å². The van der Waals surface area contributed by atoms with Crippen LogP contribution in [0.2, 0.25) is 0 Å². The topological polar surface area (TPSA) is 109 Å². The van der Waals surface area contributed by atoms with E-state index in [1.807, 2.05) is 0 Å². The Balaban J connectivity index is 2.15. The summed E-state index contributed by atoms with van der Waals surface area (Å²) in [6, 6.07) is 5.74. The lowest BCUT2D eigenvalue weighted by molar-refractivity contribution is 0.0696. The van der Waals surface area contributed by atoms with E-state index in [9.17, 15) is 13.2 Å². The molecular formula is C12H10BrN3O4S. The van der Waals surface area contributed by atoms with E-state index in [-0.39, 0.29) is 17.1 Å². The highest BCUT2D eigenvalue weighted by atomic mass is 79.9. The van der Waals surface area contributed by atoms with Gasteiger partial charge in [0.05, 0.1) is 23.7 Å². The summed E-state index contributed by atoms with van der Waals surface area (Å²) in [6.07, 6.45) is 2.64. The summed E-state index contributed by atoms with van der Waals surface area (Å²) in [5, 5.41) is 8.88. The second-order valence-corrected chi connectivity index (χ2v) is 6.63. The van der Waals surface area contributed by atoms with E-state index in [0.717, 1.165) is 0 Å². The number of hydrogen-bond acceptors (Lipinski definition) is 5. The molecule has 0 saturated carbocycles. The minimum Gasteiger partial charge on any atom is -0.478 e. The predicted octanol–water partition coefficient (Wildman–Crippen LogP) is 1.88. The molecule has 1 heterocycles. The highest BCUT2D eigenvalue weighted by Gasteiger charge is 2.14. The Labute approximate surface area is 129 Å². The van der Waals surface area contributed by atoms with Gasteiger partial charge in [-0.15, -0.1) is 0 Å². The molecule has 0 amide bonds. The van der Waals surface area contributed by atoms with E-state index in [1.54, 1.807) is 6.07 Å². The van der Waals surface area contributed by atoms with Gasteiger partial charge in [0, 0.05) is 0 Å². The van der Waals surface area contributed by atoms with Crippen molar-refractivity contribution < 1.29 is 18.3 Å². The first kappa shape index (κ1) is 15.4. The lowest BCUT2D eigenvalue weighted by Crippen LogP contribution is -2.16. The van der Waals surface area contributed by atoms with Gasteiger partial charge >= 0.3 is 5.97 Å². The van der Waals surface area contributed by atoms with Crippen molar-refractivity contribution in [2.75, 3.05) is 4.72 Å². The molecule has 7 nitrogen and oxygen atoms in total. The van der Waals surface area contributed by atoms with Crippen LogP contribution < -0.4 is 4.72 Å². The van der Waals surface area contributed by atoms with Crippen LogP contribution in [-0.4, -0.2) is 29.5 Å². The maximum atomic E-state index is 12.0. The number of benzene rings is 1. The number of halogens is 1. The maximum Gasteiger partial charge on any atom is 0.335 e. The largest absolute Gasteiger partial charge is 0.478 e. The van der Waals surface area contributed by atoms with Crippen LogP contribution in [-0.2, 0) is 15.8 Å². The van der Waals surface area contributed by atoms with Crippen molar-refractivity contribution >= 4 is 37.7 Å². The molecule has 0 aliphatic rings. The molecule has 9 heteroatoms. The highest BCUT2D eigenvalue weighted by molar-refractivity contribution is 9.10. The molecule has 2 N–H and O–H groups in total. The zero-order valence-corrected chi connectivity index (χ0v) is 12.9. The van der Waals surface area contributed by atoms with Gasteiger partial charge in [0.2, 0.25) is 10.0 Å². The molecule has 1 aromatic carbocycles. The lowest BCUT2D eigenvalue weighted by atomic mass is 10.1. The summed E-state index contributed by atoms with van der Waals surface area (Å²) in [6.45, 7) is 0. The van der Waals surface area contributed by atoms with Gasteiger partial charge < -0.3 is 5.11 Å². The minimum absolute atomic E-state index is 0.0335. The fourth-order valence-corrected chi connectivity index (χ4v) is 2.89. The van der Waals surface area contributed by atoms with E-state index >= 15 is 0 Å². The summed E-state index contributed by atoms with van der Waals surface area (Å²) in [5.41, 5.74) is 0.401. The first-order valence-corrected chi connectivity index (χ1v) is 8.10. The Morgan fingerprint density at radius 1 is 1.29 bits per heavy atom. The fraction of sp³-hybridized carbons (Fsp3) is 0.0833. The van der Waals surface area contributed by atoms with Gasteiger partial charge in [0.25, 0.3) is 0 Å². The zero-order valence-electron chi connectivity index (χ0n) is 10.5. The van der Waals surface area contributed by atoms with Crippen LogP contribution in [0.5, 0.6) is 0 Å². The summed E-state index contributed by atoms with van der Waals surface area (Å²) < 4.78 is 26.8. The monoisotopic (exact) mass is 371 g/mol. The lowest BCUT2D eigenvalue weighted by Gasteiger charge is -2.07. The minimum atomic E-state index is -3.70. The van der Waals surface area contributed by atoms with Crippen LogP contribution in [0.1, 0.15) is 15.9 Å². The molecule has 0 radical (unpaired) electrons. The van der Waals surface area contributed by atoms with Gasteiger partial charge in [-0.25, -0.2) is 23.2 Å². The third-order valence-corrected chi connectivity index (χ3v) is 4.05. The van der Waals surface area contributed by atoms with Gasteiger partial charge in [-0.05, 0) is 33.6 Å². The van der Waals surface area contributed by atoms with Gasteiger partial charge in [-0.1, -0.05) is 12.1 Å². The van der Waals surface area contributed by atoms with E-state index in [4.69, 9.17) is 5.11 Å². The average molecular weight is 372 g/mol. The third-order valence-electron chi connectivity index (χ3n) is 2.41. The Bertz CT molecular complexity index is 762. The van der Waals surface area contributed by atoms with Gasteiger partial charge in [-0.3, -0.25) is 4.72 Å². The Hall–Kier alpha value is -2.00. The van der Waals surface area contributed by atoms with Crippen LogP contribution >= 0.6 is 15.9 Å². The quantitative estimate of drug-likeness (QED) is 0.830. The molecule has 1 aromatic heterocycles. The number of anilines is 1. The molecule has 110 valence electrons. The van der Waals surface area contributed by atoms with Crippen molar-refractivity contribution in [3.05, 3.63) is 52.4 Å². The summed E-state index contributed by atoms with van der Waals surface area (Å²) in [7, 11) is -3.70. The van der Waals surface area contributed by atoms with Crippen LogP contribution in [0, 0.1) is 0 Å². The van der Waals surface area contributed by atoms with Crippen molar-refractivity contribution in [2.45, 2.75) is 5.75 Å². The molecule has 0 spiro atoms. The number of rotatable bonds is 5. The van der Waals surface area contributed by atoms with Crippen molar-refractivity contribution in [2.24, 2.45) is 0 Å². The third kappa shape index (κ3) is 4.50. The number of carbonyl (C=O) groups is 1. The van der Waals surface area contributed by atoms with Crippen LogP contribution in [0.25, 0.3) is 0 Å². The molecule has 0 fully saturated rings. The molecule has 0 unspecified atom stereocenters. The molecule has 21 heavy (non-hydrogen) atoms. The Morgan fingerprint density at radius 2 is 2.05 bits per heavy atom. The number of hydrogen-bond donors (Lipinski definition) is 2. The van der Waals surface area contributed by atoms with Crippen molar-refractivity contribution in [3.63, 3.8) is 0 Å². The summed E-state index contributed by atoms with van der Waals surface area (Å²) >= 11 is 3.09. The first-order valence-electron chi connectivity index (χ1n) is 5.66. The molecule has 0 atom stereocenters. The van der Waals surface area contributed by atoms with Gasteiger partial charge in [0.1, 0.15) is 4.60 Å². The van der Waals surface area contributed by atoms with Crippen molar-refractivity contribution in [3.8, 4) is 0 Å². The van der Waals surface area contributed by atoms with E-state index in [1.165, 1.54) is 30.6 Å². The molecule has 0 saturated heterocycles. The average Bonchev–Trinajstić information content (AvgIpc) is 2.41. The number of aromatic nitrogens is 2. The second kappa shape index (κ2) is 6.19. The molecule has 2 rings (SSSR count). The SMILES string of the molecule is O=C(O)c1cccc(CS(=O)(=O)Nc2cnc(Br)cn2)c1. The second-order valence-electron chi connectivity index (χ2n) is 4.09. The number of nitrogens with one attached hydrogen (secondary N) is 1. The van der Waals surface area contributed by atoms with Crippen molar-refractivity contribution in [1.82, 2.24) is 9.97 Å². The van der Waals surface area contributed by atoms with Crippen LogP contribution in [0.4, 0.5) is 5.82 Å². The number of nitrogens with zero attached hydrogens (tertiary/aromatic N) is 2. The predicted molar refractivity (Wildman–Crippen MR) is 79.4 cm³/mol. The molecule has 2 aromatic rings. The van der Waals surface area contributed by atoms with Crippen LogP contribution in [0.3, 0.4) is 0 Å². The Kier molecular flexibility index (Phi) is 4.53. The number of carboxylic acid groups (broad SMARTS) is 1. The maximum absolute atomic E-state index is 12.0. The number of aromatic carboxylic acids is 1. The smallest absolute Gasteiger partial charge is 0.335 e. The standard InChI is InChI=1S/C12H10BrN3O4S/c13-10-5-15-11(6-14-10)16-21(19,20)7-8-2-1-3-9(4-8)12(17)18/h1-6H,7H2,(H,15,16)(H,17,18). The molecule has 0 aliphatic carbocycles. The number of sulfonamides is 1. The molecule has 0 bridgehead atoms. The first-order chi connectivity index (χ1) is 9.85. The van der Waals surface area contributed by atoms with Crippen LogP contribution in [0.15, 0.2) is 41.3 Å². The summed E-state index contributed by atoms with van der Waals surface area (Å²) in [4.78, 5) is 18.6. The summed E-state index contributed by atoms with van der Waals surface area (Å²) in [5.74, 6) is -1.38. The zero-order chi connectivity index (χ0) is 15.5. The molecular weight excluding hydrogens is 362 g/mol. The van der Waals surface area contributed by atoms with Crippen molar-refractivity contribution in [1.29, 1.82) is 0 Å². The van der Waals surface area contributed by atoms with E-state index < -0.39 is 16.0 Å². The number of carboxylic acids is 1. The highest BCUT2D eigenvalue weighted by Crippen LogP contribution is 2.13. The Morgan fingerprint density at radius 3 is 2.67 bits per heavy atom. The van der Waals surface area contributed by atoms with E-state index in [0.29, 0.717) is 10.2 Å². The molecule has 0 aliphatic heterocycles. The van der Waals surface area contributed by atoms with Gasteiger partial charge in [-0.2, -0.15) is 0 Å². The fourth-order valence-electron chi connectivity index (χ4n) is 1.57. The normalized spacial score (nSPS) is 11.1. The van der Waals surface area contributed by atoms with E-state index in [2.05, 4.69) is 30.6 Å².